The van der Waals surface area contributed by atoms with Crippen LogP contribution in [0.3, 0.4) is 0 Å². The van der Waals surface area contributed by atoms with Crippen molar-refractivity contribution >= 4 is 17.9 Å². The third-order valence-electron chi connectivity index (χ3n) is 5.15. The van der Waals surface area contributed by atoms with Crippen molar-refractivity contribution in [2.45, 2.75) is 64.7 Å². The maximum Gasteiger partial charge on any atom is 0.343 e. The molecule has 0 amide bonds. The van der Waals surface area contributed by atoms with E-state index in [2.05, 4.69) is 6.92 Å². The van der Waals surface area contributed by atoms with Gasteiger partial charge in [0.2, 0.25) is 0 Å². The molecular weight excluding hydrogens is 408 g/mol. The predicted molar refractivity (Wildman–Crippen MR) is 122 cm³/mol. The van der Waals surface area contributed by atoms with Crippen molar-refractivity contribution < 1.29 is 29.0 Å². The van der Waals surface area contributed by atoms with Crippen LogP contribution < -0.4 is 4.74 Å². The molecule has 0 atom stereocenters. The van der Waals surface area contributed by atoms with E-state index in [4.69, 9.17) is 14.6 Å². The molecule has 32 heavy (non-hydrogen) atoms. The number of rotatable bonds is 14. The van der Waals surface area contributed by atoms with Crippen LogP contribution in [0, 0.1) is 0 Å². The highest BCUT2D eigenvalue weighted by atomic mass is 16.5. The summed E-state index contributed by atoms with van der Waals surface area (Å²) >= 11 is 0. The smallest absolute Gasteiger partial charge is 0.343 e. The van der Waals surface area contributed by atoms with Gasteiger partial charge >= 0.3 is 17.9 Å². The van der Waals surface area contributed by atoms with Gasteiger partial charge in [0, 0.05) is 0 Å². The van der Waals surface area contributed by atoms with Gasteiger partial charge in [-0.2, -0.15) is 0 Å². The van der Waals surface area contributed by atoms with Gasteiger partial charge in [-0.05, 0) is 55.0 Å². The van der Waals surface area contributed by atoms with E-state index in [0.29, 0.717) is 12.2 Å². The quantitative estimate of drug-likeness (QED) is 0.211. The molecule has 2 rings (SSSR count). The molecule has 6 nitrogen and oxygen atoms in total. The first-order chi connectivity index (χ1) is 15.5. The monoisotopic (exact) mass is 440 g/mol. The van der Waals surface area contributed by atoms with Crippen molar-refractivity contribution in [3.05, 3.63) is 65.2 Å². The molecule has 1 N–H and O–H groups in total. The van der Waals surface area contributed by atoms with Crippen molar-refractivity contribution in [2.24, 2.45) is 0 Å². The molecule has 0 aliphatic carbocycles. The van der Waals surface area contributed by atoms with Crippen LogP contribution in [-0.2, 0) is 4.74 Å². The summed E-state index contributed by atoms with van der Waals surface area (Å²) in [5, 5.41) is 8.90. The second kappa shape index (κ2) is 14.0. The number of unbranched alkanes of at least 4 members (excludes halogenated alkanes) is 8. The number of benzene rings is 2. The lowest BCUT2D eigenvalue weighted by molar-refractivity contribution is 0.0496. The predicted octanol–water partition coefficient (Wildman–Crippen LogP) is 6.29. The number of ether oxygens (including phenoxy) is 2. The molecule has 0 aliphatic rings. The molecule has 172 valence electrons. The zero-order valence-electron chi connectivity index (χ0n) is 18.7. The molecule has 6 heteroatoms. The van der Waals surface area contributed by atoms with Crippen molar-refractivity contribution in [1.82, 2.24) is 0 Å². The summed E-state index contributed by atoms with van der Waals surface area (Å²) in [5.41, 5.74) is 0.765. The summed E-state index contributed by atoms with van der Waals surface area (Å²) in [6.07, 6.45) is 10.8. The lowest BCUT2D eigenvalue weighted by atomic mass is 10.1. The minimum absolute atomic E-state index is 0.107. The van der Waals surface area contributed by atoms with Crippen LogP contribution >= 0.6 is 0 Å². The number of esters is 2. The molecule has 0 aromatic heterocycles. The van der Waals surface area contributed by atoms with Crippen LogP contribution in [0.25, 0.3) is 0 Å². The highest BCUT2D eigenvalue weighted by molar-refractivity contribution is 5.94. The fourth-order valence-corrected chi connectivity index (χ4v) is 3.23. The van der Waals surface area contributed by atoms with E-state index in [0.717, 1.165) is 12.8 Å². The Morgan fingerprint density at radius 3 is 1.66 bits per heavy atom. The number of carbonyl (C=O) groups is 3. The minimum atomic E-state index is -1.05. The molecule has 2 aromatic carbocycles. The van der Waals surface area contributed by atoms with Crippen LogP contribution in [0.5, 0.6) is 5.75 Å². The Morgan fingerprint density at radius 1 is 0.656 bits per heavy atom. The Bertz CT molecular complexity index is 855. The van der Waals surface area contributed by atoms with Crippen molar-refractivity contribution in [3.8, 4) is 5.75 Å². The molecule has 0 heterocycles. The fourth-order valence-electron chi connectivity index (χ4n) is 3.23. The van der Waals surface area contributed by atoms with Gasteiger partial charge in [0.1, 0.15) is 5.75 Å². The van der Waals surface area contributed by atoms with E-state index < -0.39 is 17.9 Å². The summed E-state index contributed by atoms with van der Waals surface area (Å²) in [4.78, 5) is 35.2. The Labute approximate surface area is 189 Å². The first-order valence-corrected chi connectivity index (χ1v) is 11.3. The maximum absolute atomic E-state index is 12.2. The Morgan fingerprint density at radius 2 is 1.12 bits per heavy atom. The van der Waals surface area contributed by atoms with Gasteiger partial charge in [-0.1, -0.05) is 58.3 Å². The van der Waals surface area contributed by atoms with E-state index in [9.17, 15) is 14.4 Å². The van der Waals surface area contributed by atoms with Crippen LogP contribution in [0.1, 0.15) is 95.8 Å². The van der Waals surface area contributed by atoms with Gasteiger partial charge < -0.3 is 14.6 Å². The van der Waals surface area contributed by atoms with Crippen LogP contribution in [0.2, 0.25) is 0 Å². The van der Waals surface area contributed by atoms with Gasteiger partial charge in [0.25, 0.3) is 0 Å². The van der Waals surface area contributed by atoms with Crippen LogP contribution in [-0.4, -0.2) is 29.6 Å². The van der Waals surface area contributed by atoms with Crippen LogP contribution in [0.15, 0.2) is 48.5 Å². The van der Waals surface area contributed by atoms with Crippen molar-refractivity contribution in [3.63, 3.8) is 0 Å². The topological polar surface area (TPSA) is 89.9 Å². The highest BCUT2D eigenvalue weighted by Crippen LogP contribution is 2.15. The summed E-state index contributed by atoms with van der Waals surface area (Å²) in [7, 11) is 0. The molecule has 0 unspecified atom stereocenters. The van der Waals surface area contributed by atoms with Gasteiger partial charge in [-0.15, -0.1) is 0 Å². The van der Waals surface area contributed by atoms with E-state index in [-0.39, 0.29) is 16.9 Å². The van der Waals surface area contributed by atoms with Gasteiger partial charge in [-0.25, -0.2) is 14.4 Å². The number of aromatic carboxylic acids is 1. The van der Waals surface area contributed by atoms with Gasteiger partial charge in [0.05, 0.1) is 23.3 Å². The van der Waals surface area contributed by atoms with E-state index in [1.807, 2.05) is 0 Å². The molecule has 2 aromatic rings. The van der Waals surface area contributed by atoms with Crippen LogP contribution in [0.4, 0.5) is 0 Å². The molecule has 0 bridgehead atoms. The molecule has 0 saturated carbocycles. The average Bonchev–Trinajstić information content (AvgIpc) is 2.80. The van der Waals surface area contributed by atoms with E-state index >= 15 is 0 Å². The standard InChI is InChI=1S/C26H32O6/c1-2-3-4-5-6-7-8-9-10-19-31-25(29)21-11-13-22(14-12-21)26(30)32-23-17-15-20(16-18-23)24(27)28/h11-18H,2-10,19H2,1H3,(H,27,28). The largest absolute Gasteiger partial charge is 0.478 e. The number of hydrogen-bond donors (Lipinski definition) is 1. The molecule has 0 saturated heterocycles. The summed E-state index contributed by atoms with van der Waals surface area (Å²) in [6.45, 7) is 2.61. The summed E-state index contributed by atoms with van der Waals surface area (Å²) in [5.74, 6) is -1.82. The molecule has 0 radical (unpaired) electrons. The van der Waals surface area contributed by atoms with E-state index in [1.54, 1.807) is 0 Å². The van der Waals surface area contributed by atoms with E-state index in [1.165, 1.54) is 93.5 Å². The molecule has 0 spiro atoms. The lowest BCUT2D eigenvalue weighted by Crippen LogP contribution is -2.10. The summed E-state index contributed by atoms with van der Waals surface area (Å²) < 4.78 is 10.5. The third-order valence-corrected chi connectivity index (χ3v) is 5.15. The number of hydrogen-bond acceptors (Lipinski definition) is 5. The molecular formula is C26H32O6. The first-order valence-electron chi connectivity index (χ1n) is 11.3. The fraction of sp³-hybridized carbons (Fsp3) is 0.423. The molecule has 0 aliphatic heterocycles. The second-order valence-electron chi connectivity index (χ2n) is 7.76. The number of carboxylic acid groups (broad SMARTS) is 1. The normalized spacial score (nSPS) is 10.5. The number of carboxylic acids is 1. The van der Waals surface area contributed by atoms with Gasteiger partial charge in [0.15, 0.2) is 0 Å². The maximum atomic E-state index is 12.2. The Hall–Kier alpha value is -3.15. The second-order valence-corrected chi connectivity index (χ2v) is 7.76. The third kappa shape index (κ3) is 8.92. The Balaban J connectivity index is 1.68. The van der Waals surface area contributed by atoms with Crippen molar-refractivity contribution in [2.75, 3.05) is 6.61 Å². The number of carbonyl (C=O) groups excluding carboxylic acids is 2. The van der Waals surface area contributed by atoms with Gasteiger partial charge in [-0.3, -0.25) is 0 Å². The SMILES string of the molecule is CCCCCCCCCCCOC(=O)c1ccc(C(=O)Oc2ccc(C(=O)O)cc2)cc1. The first kappa shape index (κ1) is 25.1. The zero-order chi connectivity index (χ0) is 23.2. The van der Waals surface area contributed by atoms with Crippen molar-refractivity contribution in [1.29, 1.82) is 0 Å². The summed E-state index contributed by atoms with van der Waals surface area (Å²) in [6, 6.07) is 11.6. The average molecular weight is 441 g/mol. The minimum Gasteiger partial charge on any atom is -0.478 e. The lowest BCUT2D eigenvalue weighted by Gasteiger charge is -2.07. The Kier molecular flexibility index (Phi) is 11.0. The molecule has 0 fully saturated rings. The highest BCUT2D eigenvalue weighted by Gasteiger charge is 2.12. The zero-order valence-corrected chi connectivity index (χ0v) is 18.7.